The molecule has 0 saturated heterocycles. The number of halogens is 1. The van der Waals surface area contributed by atoms with E-state index in [2.05, 4.69) is 32.6 Å². The van der Waals surface area contributed by atoms with Gasteiger partial charge >= 0.3 is 0 Å². The van der Waals surface area contributed by atoms with Crippen molar-refractivity contribution >= 4 is 0 Å². The Bertz CT molecular complexity index is 1040. The van der Waals surface area contributed by atoms with Gasteiger partial charge in [-0.2, -0.15) is 5.10 Å². The van der Waals surface area contributed by atoms with Gasteiger partial charge in [-0.15, -0.1) is 0 Å². The van der Waals surface area contributed by atoms with Gasteiger partial charge in [0.15, 0.2) is 0 Å². The Kier molecular flexibility index (Phi) is 9.83. The zero-order chi connectivity index (χ0) is 25.4. The second-order valence-corrected chi connectivity index (χ2v) is 9.85. The van der Waals surface area contributed by atoms with Gasteiger partial charge in [0.2, 0.25) is 5.88 Å². The van der Waals surface area contributed by atoms with Crippen LogP contribution in [-0.2, 0) is 18.3 Å². The molecule has 1 N–H and O–H groups in total. The third-order valence-corrected chi connectivity index (χ3v) is 5.40. The molecule has 0 radical (unpaired) electrons. The molecule has 1 heterocycles. The predicted molar refractivity (Wildman–Crippen MR) is 137 cm³/mol. The molecule has 0 fully saturated rings. The molecule has 0 unspecified atom stereocenters. The van der Waals surface area contributed by atoms with Crippen molar-refractivity contribution in [3.63, 3.8) is 0 Å². The molecule has 0 aliphatic carbocycles. The third kappa shape index (κ3) is 8.16. The van der Waals surface area contributed by atoms with Gasteiger partial charge < -0.3 is 14.6 Å². The van der Waals surface area contributed by atoms with E-state index in [4.69, 9.17) is 14.6 Å². The van der Waals surface area contributed by atoms with Crippen molar-refractivity contribution in [1.82, 2.24) is 14.7 Å². The first-order chi connectivity index (χ1) is 16.7. The van der Waals surface area contributed by atoms with Crippen LogP contribution in [0, 0.1) is 17.7 Å². The van der Waals surface area contributed by atoms with Gasteiger partial charge in [-0.1, -0.05) is 58.0 Å². The summed E-state index contributed by atoms with van der Waals surface area (Å²) < 4.78 is 27.1. The van der Waals surface area contributed by atoms with Gasteiger partial charge in [0, 0.05) is 38.9 Å². The van der Waals surface area contributed by atoms with E-state index in [1.54, 1.807) is 16.8 Å². The van der Waals surface area contributed by atoms with Gasteiger partial charge in [0.05, 0.1) is 18.3 Å². The van der Waals surface area contributed by atoms with E-state index in [1.165, 1.54) is 12.1 Å². The molecule has 7 heteroatoms. The van der Waals surface area contributed by atoms with E-state index >= 15 is 0 Å². The summed E-state index contributed by atoms with van der Waals surface area (Å²) in [5.41, 5.74) is 2.72. The first kappa shape index (κ1) is 26.9. The maximum absolute atomic E-state index is 13.4. The number of hydrogen-bond acceptors (Lipinski definition) is 5. The maximum Gasteiger partial charge on any atom is 0.222 e. The number of aromatic nitrogens is 2. The van der Waals surface area contributed by atoms with Crippen molar-refractivity contribution in [2.75, 3.05) is 26.3 Å². The normalized spacial score (nSPS) is 12.6. The van der Waals surface area contributed by atoms with Crippen LogP contribution in [0.5, 0.6) is 11.6 Å². The molecular weight excluding hydrogens is 445 g/mol. The van der Waals surface area contributed by atoms with Crippen LogP contribution >= 0.6 is 0 Å². The van der Waals surface area contributed by atoms with Crippen molar-refractivity contribution in [3.05, 3.63) is 66.0 Å². The average Bonchev–Trinajstić information content (AvgIpc) is 3.10. The van der Waals surface area contributed by atoms with Gasteiger partial charge in [-0.05, 0) is 36.1 Å². The third-order valence-electron chi connectivity index (χ3n) is 5.40. The number of aliphatic hydroxyl groups excluding tert-OH is 1. The highest BCUT2D eigenvalue weighted by Gasteiger charge is 2.24. The zero-order valence-corrected chi connectivity index (χ0v) is 21.4. The van der Waals surface area contributed by atoms with Gasteiger partial charge in [0.1, 0.15) is 17.3 Å². The Morgan fingerprint density at radius 3 is 2.26 bits per heavy atom. The van der Waals surface area contributed by atoms with Crippen molar-refractivity contribution in [1.29, 1.82) is 0 Å². The second kappa shape index (κ2) is 12.8. The molecule has 0 bridgehead atoms. The highest BCUT2D eigenvalue weighted by Crippen LogP contribution is 2.34. The number of nitrogens with zero attached hydrogens (tertiary/aromatic N) is 3. The Morgan fingerprint density at radius 2 is 1.63 bits per heavy atom. The van der Waals surface area contributed by atoms with Crippen molar-refractivity contribution < 1.29 is 19.0 Å². The summed E-state index contributed by atoms with van der Waals surface area (Å²) >= 11 is 0. The molecule has 35 heavy (non-hydrogen) atoms. The molecule has 1 atom stereocenters. The first-order valence-electron chi connectivity index (χ1n) is 12.3. The summed E-state index contributed by atoms with van der Waals surface area (Å²) in [6.07, 6.45) is -0.606. The zero-order valence-electron chi connectivity index (χ0n) is 21.4. The van der Waals surface area contributed by atoms with E-state index in [9.17, 15) is 9.50 Å². The number of rotatable bonds is 13. The molecule has 1 aromatic heterocycles. The number of aliphatic hydroxyl groups is 1. The highest BCUT2D eigenvalue weighted by molar-refractivity contribution is 5.65. The molecule has 3 aromatic rings. The molecule has 190 valence electrons. The van der Waals surface area contributed by atoms with Gasteiger partial charge in [0.25, 0.3) is 0 Å². The van der Waals surface area contributed by atoms with Crippen LogP contribution in [0.2, 0.25) is 0 Å². The van der Waals surface area contributed by atoms with Crippen molar-refractivity contribution in [2.24, 2.45) is 18.9 Å². The lowest BCUT2D eigenvalue weighted by Crippen LogP contribution is -2.37. The molecule has 6 nitrogen and oxygen atoms in total. The SMILES string of the molecule is CC(C)COC[C@H](O)CN(Cc1c(-c2ccccc2)nn(C)c1Oc1ccc(F)cc1)CC(C)C. The van der Waals surface area contributed by atoms with E-state index in [1.807, 2.05) is 37.4 Å². The van der Waals surface area contributed by atoms with E-state index in [-0.39, 0.29) is 5.82 Å². The summed E-state index contributed by atoms with van der Waals surface area (Å²) in [6.45, 7) is 11.2. The minimum Gasteiger partial charge on any atom is -0.439 e. The Labute approximate surface area is 208 Å². The van der Waals surface area contributed by atoms with E-state index in [0.29, 0.717) is 49.8 Å². The van der Waals surface area contributed by atoms with Crippen LogP contribution in [0.1, 0.15) is 33.3 Å². The monoisotopic (exact) mass is 483 g/mol. The van der Waals surface area contributed by atoms with Gasteiger partial charge in [-0.25, -0.2) is 9.07 Å². The standard InChI is InChI=1S/C28H38FN3O3/c1-20(2)15-32(16-24(33)19-34-18-21(3)4)17-26-27(22-9-7-6-8-10-22)30-31(5)28(26)35-25-13-11-23(29)12-14-25/h6-14,20-21,24,33H,15-19H2,1-5H3/t24-/m1/s1. The molecule has 2 aromatic carbocycles. The van der Waals surface area contributed by atoms with Crippen LogP contribution in [0.3, 0.4) is 0 Å². The number of aryl methyl sites for hydroxylation is 1. The number of benzene rings is 2. The summed E-state index contributed by atoms with van der Waals surface area (Å²) in [6, 6.07) is 16.0. The van der Waals surface area contributed by atoms with Crippen LogP contribution in [0.4, 0.5) is 4.39 Å². The minimum absolute atomic E-state index is 0.296. The molecule has 0 amide bonds. The molecule has 0 spiro atoms. The average molecular weight is 484 g/mol. The van der Waals surface area contributed by atoms with Crippen LogP contribution in [0.25, 0.3) is 11.3 Å². The summed E-state index contributed by atoms with van der Waals surface area (Å²) in [4.78, 5) is 2.22. The van der Waals surface area contributed by atoms with Gasteiger partial charge in [-0.3, -0.25) is 4.90 Å². The second-order valence-electron chi connectivity index (χ2n) is 9.85. The summed E-state index contributed by atoms with van der Waals surface area (Å²) in [5, 5.41) is 15.5. The maximum atomic E-state index is 13.4. The van der Waals surface area contributed by atoms with Crippen LogP contribution in [-0.4, -0.2) is 52.2 Å². The minimum atomic E-state index is -0.606. The van der Waals surface area contributed by atoms with E-state index < -0.39 is 6.10 Å². The fraction of sp³-hybridized carbons (Fsp3) is 0.464. The Hall–Kier alpha value is -2.74. The quantitative estimate of drug-likeness (QED) is 0.347. The topological polar surface area (TPSA) is 59.8 Å². The fourth-order valence-electron chi connectivity index (χ4n) is 4.00. The molecule has 0 saturated carbocycles. The Balaban J connectivity index is 1.91. The Morgan fingerprint density at radius 1 is 0.943 bits per heavy atom. The first-order valence-corrected chi connectivity index (χ1v) is 12.3. The molecule has 0 aliphatic heterocycles. The predicted octanol–water partition coefficient (Wildman–Crippen LogP) is 5.51. The van der Waals surface area contributed by atoms with Crippen molar-refractivity contribution in [2.45, 2.75) is 40.3 Å². The van der Waals surface area contributed by atoms with E-state index in [0.717, 1.165) is 23.4 Å². The molecule has 0 aliphatic rings. The van der Waals surface area contributed by atoms with Crippen LogP contribution < -0.4 is 4.74 Å². The smallest absolute Gasteiger partial charge is 0.222 e. The van der Waals surface area contributed by atoms with Crippen LogP contribution in [0.15, 0.2) is 54.6 Å². The lowest BCUT2D eigenvalue weighted by molar-refractivity contribution is 0.00516. The summed E-state index contributed by atoms with van der Waals surface area (Å²) in [7, 11) is 1.84. The number of hydrogen-bond donors (Lipinski definition) is 1. The molecular formula is C28H38FN3O3. The highest BCUT2D eigenvalue weighted by atomic mass is 19.1. The largest absolute Gasteiger partial charge is 0.439 e. The summed E-state index contributed by atoms with van der Waals surface area (Å²) in [5.74, 6) is 1.63. The fourth-order valence-corrected chi connectivity index (χ4v) is 4.00. The lowest BCUT2D eigenvalue weighted by atomic mass is 10.1. The number of ether oxygens (including phenoxy) is 2. The lowest BCUT2D eigenvalue weighted by Gasteiger charge is -2.27. The van der Waals surface area contributed by atoms with Crippen molar-refractivity contribution in [3.8, 4) is 22.9 Å². The molecule has 3 rings (SSSR count).